The van der Waals surface area contributed by atoms with Crippen molar-refractivity contribution in [1.29, 1.82) is 0 Å². The number of hydrogen-bond donors (Lipinski definition) is 1. The van der Waals surface area contributed by atoms with Crippen LogP contribution in [0.25, 0.3) is 11.0 Å². The molecule has 1 aromatic carbocycles. The molecule has 0 spiro atoms. The second-order valence-electron chi connectivity index (χ2n) is 8.22. The van der Waals surface area contributed by atoms with E-state index in [2.05, 4.69) is 16.5 Å². The molecule has 0 aliphatic heterocycles. The van der Waals surface area contributed by atoms with Gasteiger partial charge in [-0.1, -0.05) is 29.6 Å². The number of imidazole rings is 1. The minimum absolute atomic E-state index is 0.556. The van der Waals surface area contributed by atoms with Crippen molar-refractivity contribution in [3.63, 3.8) is 0 Å². The SMILES string of the molecule is Cc1nc(N)c2nc(CC3CC3)n(CCCCCSc3ccc(Cl)cc3Cl)c2c1C. The number of hydrogen-bond acceptors (Lipinski definition) is 4. The Labute approximate surface area is 192 Å². The highest BCUT2D eigenvalue weighted by molar-refractivity contribution is 7.99. The van der Waals surface area contributed by atoms with Crippen LogP contribution in [0.4, 0.5) is 5.82 Å². The highest BCUT2D eigenvalue weighted by Gasteiger charge is 2.26. The standard InChI is InChI=1S/C23H28Cl2N4S/c1-14-15(2)27-23(26)21-22(14)29(20(28-21)12-16-6-7-16)10-4-3-5-11-30-19-9-8-17(24)13-18(19)25/h8-9,13,16H,3-7,10-12H2,1-2H3,(H2,26,27). The fourth-order valence-corrected chi connectivity index (χ4v) is 5.35. The molecule has 2 N–H and O–H groups in total. The summed E-state index contributed by atoms with van der Waals surface area (Å²) >= 11 is 14.0. The highest BCUT2D eigenvalue weighted by Crippen LogP contribution is 2.35. The molecule has 1 saturated carbocycles. The van der Waals surface area contributed by atoms with Gasteiger partial charge in [-0.15, -0.1) is 11.8 Å². The summed E-state index contributed by atoms with van der Waals surface area (Å²) < 4.78 is 2.41. The lowest BCUT2D eigenvalue weighted by Crippen LogP contribution is -2.07. The molecule has 1 aliphatic carbocycles. The zero-order chi connectivity index (χ0) is 21.3. The lowest BCUT2D eigenvalue weighted by Gasteiger charge is -2.12. The summed E-state index contributed by atoms with van der Waals surface area (Å²) in [6, 6.07) is 5.70. The maximum atomic E-state index is 6.27. The normalized spacial score (nSPS) is 14.0. The number of halogens is 2. The molecule has 0 unspecified atom stereocenters. The number of nitrogens with zero attached hydrogens (tertiary/aromatic N) is 3. The second-order valence-corrected chi connectivity index (χ2v) is 10.2. The van der Waals surface area contributed by atoms with Crippen molar-refractivity contribution >= 4 is 51.8 Å². The summed E-state index contributed by atoms with van der Waals surface area (Å²) in [5, 5.41) is 1.42. The summed E-state index contributed by atoms with van der Waals surface area (Å²) in [5.74, 6) is 3.57. The molecule has 0 radical (unpaired) electrons. The number of aryl methyl sites for hydroxylation is 3. The Balaban J connectivity index is 1.39. The average Bonchev–Trinajstić information content (AvgIpc) is 3.44. The molecule has 0 saturated heterocycles. The van der Waals surface area contributed by atoms with Crippen LogP contribution in [0.2, 0.25) is 10.0 Å². The van der Waals surface area contributed by atoms with Crippen molar-refractivity contribution in [1.82, 2.24) is 14.5 Å². The van der Waals surface area contributed by atoms with Crippen LogP contribution in [0, 0.1) is 19.8 Å². The van der Waals surface area contributed by atoms with Gasteiger partial charge in [-0.2, -0.15) is 0 Å². The number of nitrogens with two attached hydrogens (primary N) is 1. The average molecular weight is 463 g/mol. The van der Waals surface area contributed by atoms with E-state index in [4.69, 9.17) is 33.9 Å². The summed E-state index contributed by atoms with van der Waals surface area (Å²) in [7, 11) is 0. The van der Waals surface area contributed by atoms with Crippen molar-refractivity contribution in [2.24, 2.45) is 5.92 Å². The third-order valence-electron chi connectivity index (χ3n) is 5.82. The van der Waals surface area contributed by atoms with Crippen LogP contribution in [0.15, 0.2) is 23.1 Å². The highest BCUT2D eigenvalue weighted by atomic mass is 35.5. The van der Waals surface area contributed by atoms with Gasteiger partial charge in [0.05, 0.1) is 10.5 Å². The molecule has 7 heteroatoms. The van der Waals surface area contributed by atoms with Crippen molar-refractivity contribution < 1.29 is 0 Å². The predicted octanol–water partition coefficient (Wildman–Crippen LogP) is 6.85. The molecule has 1 aliphatic rings. The van der Waals surface area contributed by atoms with Crippen LogP contribution in [-0.2, 0) is 13.0 Å². The van der Waals surface area contributed by atoms with Gasteiger partial charge >= 0.3 is 0 Å². The van der Waals surface area contributed by atoms with Gasteiger partial charge in [0.15, 0.2) is 5.82 Å². The minimum atomic E-state index is 0.556. The van der Waals surface area contributed by atoms with E-state index in [1.807, 2.05) is 25.1 Å². The van der Waals surface area contributed by atoms with E-state index in [9.17, 15) is 0 Å². The first-order chi connectivity index (χ1) is 14.4. The monoisotopic (exact) mass is 462 g/mol. The van der Waals surface area contributed by atoms with E-state index in [0.717, 1.165) is 58.6 Å². The van der Waals surface area contributed by atoms with Crippen LogP contribution in [0.5, 0.6) is 0 Å². The molecule has 160 valence electrons. The van der Waals surface area contributed by atoms with Gasteiger partial charge < -0.3 is 10.3 Å². The lowest BCUT2D eigenvalue weighted by atomic mass is 10.2. The van der Waals surface area contributed by atoms with Gasteiger partial charge in [0, 0.05) is 28.6 Å². The van der Waals surface area contributed by atoms with Gasteiger partial charge in [0.2, 0.25) is 0 Å². The Bertz CT molecular complexity index is 1060. The summed E-state index contributed by atoms with van der Waals surface area (Å²) in [6.45, 7) is 5.15. The van der Waals surface area contributed by atoms with Gasteiger partial charge in [-0.25, -0.2) is 9.97 Å². The van der Waals surface area contributed by atoms with Gasteiger partial charge in [-0.05, 0) is 75.0 Å². The number of thioether (sulfide) groups is 1. The molecule has 0 bridgehead atoms. The van der Waals surface area contributed by atoms with Crippen LogP contribution < -0.4 is 5.73 Å². The number of anilines is 1. The minimum Gasteiger partial charge on any atom is -0.382 e. The molecular weight excluding hydrogens is 435 g/mol. The molecule has 4 nitrogen and oxygen atoms in total. The maximum absolute atomic E-state index is 6.27. The van der Waals surface area contributed by atoms with Crippen molar-refractivity contribution in [2.75, 3.05) is 11.5 Å². The molecule has 4 rings (SSSR count). The molecule has 0 atom stereocenters. The smallest absolute Gasteiger partial charge is 0.151 e. The number of nitrogen functional groups attached to an aromatic ring is 1. The van der Waals surface area contributed by atoms with Gasteiger partial charge in [0.25, 0.3) is 0 Å². The first kappa shape index (κ1) is 21.8. The summed E-state index contributed by atoms with van der Waals surface area (Å²) in [6.07, 6.45) is 7.13. The number of aromatic nitrogens is 3. The molecule has 3 aromatic rings. The largest absolute Gasteiger partial charge is 0.382 e. The Morgan fingerprint density at radius 1 is 1.13 bits per heavy atom. The summed E-state index contributed by atoms with van der Waals surface area (Å²) in [4.78, 5) is 10.5. The van der Waals surface area contributed by atoms with Crippen molar-refractivity contribution in [2.45, 2.75) is 63.8 Å². The Morgan fingerprint density at radius 2 is 1.93 bits per heavy atom. The zero-order valence-corrected chi connectivity index (χ0v) is 19.9. The molecule has 2 aromatic heterocycles. The van der Waals surface area contributed by atoms with E-state index < -0.39 is 0 Å². The third kappa shape index (κ3) is 4.90. The maximum Gasteiger partial charge on any atom is 0.151 e. The number of fused-ring (bicyclic) bond motifs is 1. The number of benzene rings is 1. The van der Waals surface area contributed by atoms with Crippen LogP contribution in [-0.4, -0.2) is 20.3 Å². The van der Waals surface area contributed by atoms with Gasteiger partial charge in [0.1, 0.15) is 11.3 Å². The Kier molecular flexibility index (Phi) is 6.81. The number of pyridine rings is 1. The van der Waals surface area contributed by atoms with E-state index in [-0.39, 0.29) is 0 Å². The quantitative estimate of drug-likeness (QED) is 0.278. The fourth-order valence-electron chi connectivity index (χ4n) is 3.85. The first-order valence-corrected chi connectivity index (χ1v) is 12.4. The van der Waals surface area contributed by atoms with Crippen LogP contribution in [0.3, 0.4) is 0 Å². The predicted molar refractivity (Wildman–Crippen MR) is 129 cm³/mol. The lowest BCUT2D eigenvalue weighted by molar-refractivity contribution is 0.582. The van der Waals surface area contributed by atoms with Crippen molar-refractivity contribution in [3.05, 3.63) is 45.3 Å². The zero-order valence-electron chi connectivity index (χ0n) is 17.5. The van der Waals surface area contributed by atoms with Crippen LogP contribution >= 0.6 is 35.0 Å². The summed E-state index contributed by atoms with van der Waals surface area (Å²) in [5.41, 5.74) is 10.5. The first-order valence-electron chi connectivity index (χ1n) is 10.6. The second kappa shape index (κ2) is 9.37. The number of unbranched alkanes of at least 4 members (excludes halogenated alkanes) is 2. The molecule has 2 heterocycles. The van der Waals surface area contributed by atoms with E-state index in [1.54, 1.807) is 11.8 Å². The third-order valence-corrected chi connectivity index (χ3v) is 7.64. The van der Waals surface area contributed by atoms with Crippen molar-refractivity contribution in [3.8, 4) is 0 Å². The molecule has 0 amide bonds. The topological polar surface area (TPSA) is 56.7 Å². The molecule has 1 fully saturated rings. The Hall–Kier alpha value is -1.43. The molecule has 30 heavy (non-hydrogen) atoms. The van der Waals surface area contributed by atoms with E-state index in [0.29, 0.717) is 10.8 Å². The van der Waals surface area contributed by atoms with Gasteiger partial charge in [-0.3, -0.25) is 0 Å². The Morgan fingerprint density at radius 3 is 2.67 bits per heavy atom. The van der Waals surface area contributed by atoms with E-state index in [1.165, 1.54) is 36.2 Å². The molecular formula is C23H28Cl2N4S. The fraction of sp³-hybridized carbons (Fsp3) is 0.478. The number of rotatable bonds is 9. The van der Waals surface area contributed by atoms with Crippen LogP contribution in [0.1, 0.15) is 49.2 Å². The van der Waals surface area contributed by atoms with E-state index >= 15 is 0 Å².